The maximum atomic E-state index is 13.0. The van der Waals surface area contributed by atoms with Gasteiger partial charge in [0, 0.05) is 54.0 Å². The number of amides is 2. The lowest BCUT2D eigenvalue weighted by molar-refractivity contribution is 0.0439. The van der Waals surface area contributed by atoms with E-state index < -0.39 is 0 Å². The smallest absolute Gasteiger partial charge is 0.255 e. The highest BCUT2D eigenvalue weighted by atomic mass is 16.3. The van der Waals surface area contributed by atoms with E-state index in [1.54, 1.807) is 18.3 Å². The fraction of sp³-hybridized carbons (Fsp3) is 0.333. The molecule has 0 radical (unpaired) electrons. The summed E-state index contributed by atoms with van der Waals surface area (Å²) in [5.74, 6) is 0.259. The second-order valence-corrected chi connectivity index (χ2v) is 13.0. The molecule has 2 heterocycles. The predicted molar refractivity (Wildman–Crippen MR) is 175 cm³/mol. The lowest BCUT2D eigenvalue weighted by Crippen LogP contribution is -2.43. The van der Waals surface area contributed by atoms with Crippen LogP contribution in [0, 0.1) is 12.3 Å². The van der Waals surface area contributed by atoms with E-state index in [0.717, 1.165) is 41.0 Å². The number of rotatable bonds is 7. The molecule has 228 valence electrons. The minimum absolute atomic E-state index is 0.000780. The summed E-state index contributed by atoms with van der Waals surface area (Å²) in [5, 5.41) is 15.9. The van der Waals surface area contributed by atoms with Crippen LogP contribution >= 0.6 is 0 Å². The standard InChI is InChI=1S/C36H41N5O3/c1-24-29(7-6-8-30(24)39-32(43)25-9-13-27(14-10-25)35(2,3)4)31-17-20-37-34(40-31)38-28-15-11-26(12-16-28)33(44)41-21-18-36(5,23-42)19-22-41/h6-17,20,42H,18-19,21-23H2,1-5H3,(H,39,43)(H,37,38,40). The zero-order chi connectivity index (χ0) is 31.5. The molecule has 0 aliphatic carbocycles. The molecule has 8 heteroatoms. The highest BCUT2D eigenvalue weighted by molar-refractivity contribution is 6.05. The first-order chi connectivity index (χ1) is 21.0. The molecule has 0 bridgehead atoms. The van der Waals surface area contributed by atoms with Crippen LogP contribution < -0.4 is 10.6 Å². The van der Waals surface area contributed by atoms with E-state index in [9.17, 15) is 14.7 Å². The minimum atomic E-state index is -0.165. The van der Waals surface area contributed by atoms with Crippen LogP contribution in [0.4, 0.5) is 17.3 Å². The molecule has 3 aromatic carbocycles. The first-order valence-electron chi connectivity index (χ1n) is 15.1. The Morgan fingerprint density at radius 1 is 0.932 bits per heavy atom. The van der Waals surface area contributed by atoms with Gasteiger partial charge in [-0.3, -0.25) is 9.59 Å². The number of hydrogen-bond acceptors (Lipinski definition) is 6. The maximum Gasteiger partial charge on any atom is 0.255 e. The van der Waals surface area contributed by atoms with Gasteiger partial charge in [-0.15, -0.1) is 0 Å². The summed E-state index contributed by atoms with van der Waals surface area (Å²) >= 11 is 0. The third-order valence-corrected chi connectivity index (χ3v) is 8.55. The van der Waals surface area contributed by atoms with Crippen LogP contribution in [0.2, 0.25) is 0 Å². The number of likely N-dealkylation sites (tertiary alicyclic amines) is 1. The van der Waals surface area contributed by atoms with Crippen molar-refractivity contribution in [1.29, 1.82) is 0 Å². The average molecular weight is 592 g/mol. The van der Waals surface area contributed by atoms with Crippen molar-refractivity contribution in [3.05, 3.63) is 101 Å². The molecule has 5 rings (SSSR count). The third kappa shape index (κ3) is 6.97. The third-order valence-electron chi connectivity index (χ3n) is 8.55. The molecular formula is C36H41N5O3. The Labute approximate surface area is 259 Å². The van der Waals surface area contributed by atoms with Gasteiger partial charge in [0.1, 0.15) is 0 Å². The number of carbonyl (C=O) groups excluding carboxylic acids is 2. The van der Waals surface area contributed by atoms with Crippen LogP contribution in [0.3, 0.4) is 0 Å². The number of hydrogen-bond donors (Lipinski definition) is 3. The molecule has 44 heavy (non-hydrogen) atoms. The van der Waals surface area contributed by atoms with Crippen molar-refractivity contribution in [2.24, 2.45) is 5.41 Å². The number of carbonyl (C=O) groups is 2. The molecule has 1 aliphatic heterocycles. The van der Waals surface area contributed by atoms with E-state index in [4.69, 9.17) is 4.98 Å². The summed E-state index contributed by atoms with van der Waals surface area (Å²) in [6.45, 7) is 11.9. The summed E-state index contributed by atoms with van der Waals surface area (Å²) < 4.78 is 0. The van der Waals surface area contributed by atoms with Crippen LogP contribution in [0.15, 0.2) is 79.0 Å². The van der Waals surface area contributed by atoms with Gasteiger partial charge in [0.15, 0.2) is 0 Å². The molecule has 4 aromatic rings. The maximum absolute atomic E-state index is 13.0. The SMILES string of the molecule is Cc1c(NC(=O)c2ccc(C(C)(C)C)cc2)cccc1-c1ccnc(Nc2ccc(C(=O)N3CCC(C)(CO)CC3)cc2)n1. The van der Waals surface area contributed by atoms with Crippen LogP contribution in [0.1, 0.15) is 72.4 Å². The Hall–Kier alpha value is -4.56. The molecule has 1 aliphatic rings. The van der Waals surface area contributed by atoms with Gasteiger partial charge in [0.25, 0.3) is 11.8 Å². The molecule has 1 fully saturated rings. The van der Waals surface area contributed by atoms with Crippen molar-refractivity contribution in [3.63, 3.8) is 0 Å². The highest BCUT2D eigenvalue weighted by Gasteiger charge is 2.31. The van der Waals surface area contributed by atoms with Gasteiger partial charge in [-0.1, -0.05) is 52.0 Å². The van der Waals surface area contributed by atoms with Crippen LogP contribution in [0.5, 0.6) is 0 Å². The van der Waals surface area contributed by atoms with E-state index in [1.807, 2.05) is 72.5 Å². The lowest BCUT2D eigenvalue weighted by Gasteiger charge is -2.38. The van der Waals surface area contributed by atoms with Crippen molar-refractivity contribution in [1.82, 2.24) is 14.9 Å². The van der Waals surface area contributed by atoms with Crippen molar-refractivity contribution >= 4 is 29.1 Å². The monoisotopic (exact) mass is 591 g/mol. The Bertz CT molecular complexity index is 1630. The molecule has 2 amide bonds. The van der Waals surface area contributed by atoms with Gasteiger partial charge in [-0.2, -0.15) is 0 Å². The Balaban J connectivity index is 1.26. The largest absolute Gasteiger partial charge is 0.396 e. The fourth-order valence-electron chi connectivity index (χ4n) is 5.35. The van der Waals surface area contributed by atoms with E-state index >= 15 is 0 Å². The zero-order valence-corrected chi connectivity index (χ0v) is 26.1. The molecule has 0 saturated carbocycles. The molecule has 1 saturated heterocycles. The van der Waals surface area contributed by atoms with Crippen molar-refractivity contribution in [3.8, 4) is 11.3 Å². The fourth-order valence-corrected chi connectivity index (χ4v) is 5.35. The number of piperidine rings is 1. The second kappa shape index (κ2) is 12.6. The van der Waals surface area contributed by atoms with Crippen molar-refractivity contribution < 1.29 is 14.7 Å². The summed E-state index contributed by atoms with van der Waals surface area (Å²) in [4.78, 5) is 37.0. The number of benzene rings is 3. The van der Waals surface area contributed by atoms with Gasteiger partial charge >= 0.3 is 0 Å². The van der Waals surface area contributed by atoms with Gasteiger partial charge in [0.2, 0.25) is 5.95 Å². The Morgan fingerprint density at radius 3 is 2.23 bits per heavy atom. The van der Waals surface area contributed by atoms with E-state index in [0.29, 0.717) is 30.2 Å². The van der Waals surface area contributed by atoms with E-state index in [-0.39, 0.29) is 29.3 Å². The molecule has 0 spiro atoms. The summed E-state index contributed by atoms with van der Waals surface area (Å²) in [6, 6.07) is 22.6. The van der Waals surface area contributed by atoms with E-state index in [1.165, 1.54) is 5.56 Å². The first kappa shape index (κ1) is 30.9. The molecule has 0 atom stereocenters. The first-order valence-corrected chi connectivity index (χ1v) is 15.1. The molecule has 3 N–H and O–H groups in total. The number of aromatic nitrogens is 2. The average Bonchev–Trinajstić information content (AvgIpc) is 3.02. The molecular weight excluding hydrogens is 550 g/mol. The van der Waals surface area contributed by atoms with Gasteiger partial charge < -0.3 is 20.6 Å². The predicted octanol–water partition coefficient (Wildman–Crippen LogP) is 6.98. The molecule has 0 unspecified atom stereocenters. The number of nitrogens with one attached hydrogen (secondary N) is 2. The van der Waals surface area contributed by atoms with Gasteiger partial charge in [-0.25, -0.2) is 9.97 Å². The number of aliphatic hydroxyl groups is 1. The number of anilines is 3. The Kier molecular flexibility index (Phi) is 8.83. The quantitative estimate of drug-likeness (QED) is 0.214. The van der Waals surface area contributed by atoms with Crippen LogP contribution in [-0.4, -0.2) is 51.5 Å². The lowest BCUT2D eigenvalue weighted by atomic mass is 9.81. The molecule has 1 aromatic heterocycles. The normalized spacial score (nSPS) is 14.6. The van der Waals surface area contributed by atoms with Crippen molar-refractivity contribution in [2.45, 2.75) is 52.9 Å². The zero-order valence-electron chi connectivity index (χ0n) is 26.1. The Morgan fingerprint density at radius 2 is 1.59 bits per heavy atom. The minimum Gasteiger partial charge on any atom is -0.396 e. The second-order valence-electron chi connectivity index (χ2n) is 13.0. The number of aliphatic hydroxyl groups excluding tert-OH is 1. The van der Waals surface area contributed by atoms with Crippen LogP contribution in [-0.2, 0) is 5.41 Å². The highest BCUT2D eigenvalue weighted by Crippen LogP contribution is 2.31. The summed E-state index contributed by atoms with van der Waals surface area (Å²) in [6.07, 6.45) is 3.28. The van der Waals surface area contributed by atoms with E-state index in [2.05, 4.69) is 43.3 Å². The van der Waals surface area contributed by atoms with Crippen molar-refractivity contribution in [2.75, 3.05) is 30.3 Å². The van der Waals surface area contributed by atoms with Gasteiger partial charge in [-0.05, 0) is 90.3 Å². The summed E-state index contributed by atoms with van der Waals surface area (Å²) in [5.41, 5.74) is 6.30. The van der Waals surface area contributed by atoms with Crippen LogP contribution in [0.25, 0.3) is 11.3 Å². The topological polar surface area (TPSA) is 107 Å². The number of nitrogens with zero attached hydrogens (tertiary/aromatic N) is 3. The summed E-state index contributed by atoms with van der Waals surface area (Å²) in [7, 11) is 0. The van der Waals surface area contributed by atoms with Gasteiger partial charge in [0.05, 0.1) is 5.69 Å². The molecule has 8 nitrogen and oxygen atoms in total.